The molecule has 0 aromatic heterocycles. The monoisotopic (exact) mass is 362 g/mol. The molecule has 7 heteroatoms. The third-order valence-corrected chi connectivity index (χ3v) is 6.03. The first-order valence-corrected chi connectivity index (χ1v) is 9.21. The van der Waals surface area contributed by atoms with Crippen LogP contribution in [0.15, 0.2) is 24.3 Å². The van der Waals surface area contributed by atoms with E-state index in [1.165, 1.54) is 0 Å². The van der Waals surface area contributed by atoms with E-state index in [-0.39, 0.29) is 23.9 Å². The van der Waals surface area contributed by atoms with Gasteiger partial charge in [-0.05, 0) is 18.6 Å². The van der Waals surface area contributed by atoms with Crippen LogP contribution in [0.5, 0.6) is 5.75 Å². The molecular formula is C19H26N2O5. The number of likely N-dealkylation sites (tertiary alicyclic amines) is 1. The Morgan fingerprint density at radius 1 is 1.35 bits per heavy atom. The van der Waals surface area contributed by atoms with Crippen LogP contribution in [-0.2, 0) is 9.47 Å². The molecule has 4 rings (SSSR count). The van der Waals surface area contributed by atoms with Crippen molar-refractivity contribution in [2.75, 3.05) is 45.4 Å². The molecular weight excluding hydrogens is 336 g/mol. The summed E-state index contributed by atoms with van der Waals surface area (Å²) in [5.74, 6) is 0.533. The smallest absolute Gasteiger partial charge is 0.322 e. The molecule has 1 aromatic carbocycles. The summed E-state index contributed by atoms with van der Waals surface area (Å²) in [7, 11) is 1.60. The first kappa shape index (κ1) is 17.6. The van der Waals surface area contributed by atoms with Crippen molar-refractivity contribution < 1.29 is 24.1 Å². The number of aliphatic hydroxyl groups is 1. The summed E-state index contributed by atoms with van der Waals surface area (Å²) in [6.45, 7) is 2.63. The summed E-state index contributed by atoms with van der Waals surface area (Å²) >= 11 is 0. The molecule has 7 nitrogen and oxygen atoms in total. The van der Waals surface area contributed by atoms with Crippen LogP contribution in [0.2, 0.25) is 0 Å². The Hall–Kier alpha value is -1.83. The van der Waals surface area contributed by atoms with Crippen LogP contribution in [-0.4, -0.2) is 67.8 Å². The number of hydrogen-bond acceptors (Lipinski definition) is 5. The lowest BCUT2D eigenvalue weighted by molar-refractivity contribution is -0.211. The number of carbonyl (C=O) groups excluding carboxylic acids is 1. The summed E-state index contributed by atoms with van der Waals surface area (Å²) in [5, 5.41) is 14.3. The topological polar surface area (TPSA) is 80.3 Å². The molecule has 3 heterocycles. The molecule has 3 fully saturated rings. The van der Waals surface area contributed by atoms with Gasteiger partial charge in [0.05, 0.1) is 25.9 Å². The SMILES string of the molecule is COc1cccc(NC(=O)N2C[C@H]3COCC[C@@]3(O)[C@@H]3COCC[C@@H]32)c1. The second-order valence-corrected chi connectivity index (χ2v) is 7.36. The summed E-state index contributed by atoms with van der Waals surface area (Å²) in [6.07, 6.45) is 1.35. The highest BCUT2D eigenvalue weighted by molar-refractivity contribution is 5.90. The van der Waals surface area contributed by atoms with Gasteiger partial charge in [0.1, 0.15) is 5.75 Å². The van der Waals surface area contributed by atoms with E-state index in [4.69, 9.17) is 14.2 Å². The molecule has 0 spiro atoms. The molecule has 0 radical (unpaired) electrons. The van der Waals surface area contributed by atoms with Crippen molar-refractivity contribution in [1.29, 1.82) is 0 Å². The third kappa shape index (κ3) is 3.04. The van der Waals surface area contributed by atoms with Crippen LogP contribution >= 0.6 is 0 Å². The van der Waals surface area contributed by atoms with Crippen LogP contribution in [0.3, 0.4) is 0 Å². The molecule has 1 aromatic rings. The van der Waals surface area contributed by atoms with Gasteiger partial charge >= 0.3 is 6.03 Å². The molecule has 4 atom stereocenters. The number of piperidine rings is 1. The predicted octanol–water partition coefficient (Wildman–Crippen LogP) is 1.72. The Morgan fingerprint density at radius 3 is 3.04 bits per heavy atom. The van der Waals surface area contributed by atoms with E-state index in [1.807, 2.05) is 23.1 Å². The highest BCUT2D eigenvalue weighted by Gasteiger charge is 2.56. The number of amides is 2. The number of nitrogens with zero attached hydrogens (tertiary/aromatic N) is 1. The molecule has 3 aliphatic rings. The lowest BCUT2D eigenvalue weighted by atomic mass is 9.66. The van der Waals surface area contributed by atoms with E-state index in [0.717, 1.165) is 6.42 Å². The zero-order chi connectivity index (χ0) is 18.1. The second kappa shape index (κ2) is 7.06. The maximum Gasteiger partial charge on any atom is 0.322 e. The Bertz CT molecular complexity index is 669. The molecule has 26 heavy (non-hydrogen) atoms. The van der Waals surface area contributed by atoms with Gasteiger partial charge in [0.2, 0.25) is 0 Å². The van der Waals surface area contributed by atoms with Crippen molar-refractivity contribution in [3.63, 3.8) is 0 Å². The number of benzene rings is 1. The van der Waals surface area contributed by atoms with Crippen molar-refractivity contribution in [3.8, 4) is 5.75 Å². The van der Waals surface area contributed by atoms with E-state index in [9.17, 15) is 9.90 Å². The number of fused-ring (bicyclic) bond motifs is 3. The van der Waals surface area contributed by atoms with Gasteiger partial charge in [0.25, 0.3) is 0 Å². The quantitative estimate of drug-likeness (QED) is 0.837. The van der Waals surface area contributed by atoms with E-state index in [0.29, 0.717) is 50.8 Å². The van der Waals surface area contributed by atoms with Gasteiger partial charge in [-0.15, -0.1) is 0 Å². The predicted molar refractivity (Wildman–Crippen MR) is 95.3 cm³/mol. The summed E-state index contributed by atoms with van der Waals surface area (Å²) in [6, 6.07) is 7.14. The zero-order valence-electron chi connectivity index (χ0n) is 15.0. The fourth-order valence-corrected chi connectivity index (χ4v) is 4.59. The summed E-state index contributed by atoms with van der Waals surface area (Å²) in [4.78, 5) is 14.9. The van der Waals surface area contributed by atoms with Crippen LogP contribution in [0, 0.1) is 11.8 Å². The minimum atomic E-state index is -0.809. The summed E-state index contributed by atoms with van der Waals surface area (Å²) < 4.78 is 16.5. The number of carbonyl (C=O) groups is 1. The molecule has 0 saturated carbocycles. The van der Waals surface area contributed by atoms with Crippen LogP contribution < -0.4 is 10.1 Å². The van der Waals surface area contributed by atoms with Gasteiger partial charge in [-0.3, -0.25) is 0 Å². The number of methoxy groups -OCH3 is 1. The molecule has 0 unspecified atom stereocenters. The van der Waals surface area contributed by atoms with Crippen molar-refractivity contribution >= 4 is 11.7 Å². The fourth-order valence-electron chi connectivity index (χ4n) is 4.59. The number of ether oxygens (including phenoxy) is 3. The number of hydrogen-bond donors (Lipinski definition) is 2. The number of rotatable bonds is 2. The maximum atomic E-state index is 13.0. The van der Waals surface area contributed by atoms with Crippen molar-refractivity contribution in [2.45, 2.75) is 24.5 Å². The van der Waals surface area contributed by atoms with Crippen molar-refractivity contribution in [1.82, 2.24) is 4.90 Å². The lowest BCUT2D eigenvalue weighted by Crippen LogP contribution is -2.69. The number of urea groups is 1. The van der Waals surface area contributed by atoms with E-state index >= 15 is 0 Å². The normalized spacial score (nSPS) is 33.8. The molecule has 0 aliphatic carbocycles. The standard InChI is InChI=1S/C19H26N2O5/c1-24-15-4-2-3-14(9-15)20-18(22)21-10-13-11-26-8-6-19(13,23)16-12-25-7-5-17(16)21/h2-4,9,13,16-17,23H,5-8,10-12H2,1H3,(H,20,22)/t13-,16+,17-,19-/m0/s1. The lowest BCUT2D eigenvalue weighted by Gasteiger charge is -2.56. The zero-order valence-corrected chi connectivity index (χ0v) is 15.0. The van der Waals surface area contributed by atoms with Gasteiger partial charge < -0.3 is 29.5 Å². The second-order valence-electron chi connectivity index (χ2n) is 7.36. The number of anilines is 1. The van der Waals surface area contributed by atoms with E-state index in [1.54, 1.807) is 13.2 Å². The van der Waals surface area contributed by atoms with Crippen molar-refractivity contribution in [3.05, 3.63) is 24.3 Å². The average Bonchev–Trinajstić information content (AvgIpc) is 2.67. The Morgan fingerprint density at radius 2 is 2.19 bits per heavy atom. The largest absolute Gasteiger partial charge is 0.497 e. The average molecular weight is 362 g/mol. The Kier molecular flexibility index (Phi) is 4.77. The maximum absolute atomic E-state index is 13.0. The minimum absolute atomic E-state index is 0.0197. The molecule has 2 N–H and O–H groups in total. The van der Waals surface area contributed by atoms with Gasteiger partial charge in [-0.2, -0.15) is 0 Å². The molecule has 2 amide bonds. The molecule has 0 bridgehead atoms. The molecule has 3 saturated heterocycles. The van der Waals surface area contributed by atoms with Crippen LogP contribution in [0.25, 0.3) is 0 Å². The number of nitrogens with one attached hydrogen (secondary N) is 1. The summed E-state index contributed by atoms with van der Waals surface area (Å²) in [5.41, 5.74) is -0.116. The van der Waals surface area contributed by atoms with Crippen molar-refractivity contribution in [2.24, 2.45) is 11.8 Å². The molecule has 3 aliphatic heterocycles. The Balaban J connectivity index is 1.55. The third-order valence-electron chi connectivity index (χ3n) is 6.03. The van der Waals surface area contributed by atoms with E-state index in [2.05, 4.69) is 5.32 Å². The first-order chi connectivity index (χ1) is 12.6. The van der Waals surface area contributed by atoms with Gasteiger partial charge in [0.15, 0.2) is 0 Å². The van der Waals surface area contributed by atoms with Gasteiger partial charge in [0, 0.05) is 55.8 Å². The molecule has 142 valence electrons. The fraction of sp³-hybridized carbons (Fsp3) is 0.632. The van der Waals surface area contributed by atoms with Crippen LogP contribution in [0.4, 0.5) is 10.5 Å². The van der Waals surface area contributed by atoms with E-state index < -0.39 is 5.60 Å². The van der Waals surface area contributed by atoms with Gasteiger partial charge in [-0.1, -0.05) is 6.07 Å². The van der Waals surface area contributed by atoms with Gasteiger partial charge in [-0.25, -0.2) is 4.79 Å². The Labute approximate surface area is 153 Å². The first-order valence-electron chi connectivity index (χ1n) is 9.21. The highest BCUT2D eigenvalue weighted by Crippen LogP contribution is 2.44. The minimum Gasteiger partial charge on any atom is -0.497 e. The van der Waals surface area contributed by atoms with Crippen LogP contribution in [0.1, 0.15) is 12.8 Å². The highest BCUT2D eigenvalue weighted by atomic mass is 16.5.